The normalized spacial score (nSPS) is 17.9. The summed E-state index contributed by atoms with van der Waals surface area (Å²) >= 11 is 0. The van der Waals surface area contributed by atoms with E-state index in [1.54, 1.807) is 0 Å². The summed E-state index contributed by atoms with van der Waals surface area (Å²) in [6, 6.07) is 8.18. The molecule has 1 aliphatic rings. The number of benzene rings is 1. The second-order valence-electron chi connectivity index (χ2n) is 5.48. The van der Waals surface area contributed by atoms with E-state index in [-0.39, 0.29) is 0 Å². The van der Waals surface area contributed by atoms with Crippen molar-refractivity contribution in [1.82, 2.24) is 4.90 Å². The molecule has 0 bridgehead atoms. The van der Waals surface area contributed by atoms with Crippen LogP contribution >= 0.6 is 0 Å². The molecular weight excluding hydrogens is 252 g/mol. The molecule has 0 spiro atoms. The van der Waals surface area contributed by atoms with Crippen molar-refractivity contribution in [3.8, 4) is 5.75 Å². The van der Waals surface area contributed by atoms with Crippen molar-refractivity contribution in [1.29, 1.82) is 0 Å². The molecule has 0 saturated carbocycles. The number of rotatable bonds is 7. The molecule has 1 heterocycles. The lowest BCUT2D eigenvalue weighted by Crippen LogP contribution is -2.39. The quantitative estimate of drug-likeness (QED) is 0.822. The second-order valence-corrected chi connectivity index (χ2v) is 5.48. The molecule has 1 atom stereocenters. The fourth-order valence-electron chi connectivity index (χ4n) is 2.52. The van der Waals surface area contributed by atoms with Crippen molar-refractivity contribution in [2.24, 2.45) is 11.7 Å². The van der Waals surface area contributed by atoms with Crippen LogP contribution in [0.5, 0.6) is 5.75 Å². The van der Waals surface area contributed by atoms with Gasteiger partial charge < -0.3 is 15.2 Å². The lowest BCUT2D eigenvalue weighted by atomic mass is 10.1. The molecule has 0 radical (unpaired) electrons. The molecule has 4 nitrogen and oxygen atoms in total. The van der Waals surface area contributed by atoms with Crippen LogP contribution in [0.2, 0.25) is 0 Å². The van der Waals surface area contributed by atoms with Gasteiger partial charge in [0.2, 0.25) is 0 Å². The summed E-state index contributed by atoms with van der Waals surface area (Å²) in [6.45, 7) is 8.49. The van der Waals surface area contributed by atoms with Crippen LogP contribution in [0.3, 0.4) is 0 Å². The standard InChI is InChI=1S/C16H26N2O2/c1-14(12-18-8-10-19-11-9-18)13-20-16-5-3-2-4-15(16)6-7-17/h2-5,14H,6-13,17H2,1H3. The first-order chi connectivity index (χ1) is 9.79. The highest BCUT2D eigenvalue weighted by Gasteiger charge is 2.14. The van der Waals surface area contributed by atoms with E-state index in [4.69, 9.17) is 15.2 Å². The van der Waals surface area contributed by atoms with Gasteiger partial charge in [-0.2, -0.15) is 0 Å². The average molecular weight is 278 g/mol. The van der Waals surface area contributed by atoms with Crippen LogP contribution < -0.4 is 10.5 Å². The molecule has 1 fully saturated rings. The van der Waals surface area contributed by atoms with Gasteiger partial charge in [0.05, 0.1) is 19.8 Å². The smallest absolute Gasteiger partial charge is 0.122 e. The summed E-state index contributed by atoms with van der Waals surface area (Å²) in [5, 5.41) is 0. The Morgan fingerprint density at radius 3 is 2.80 bits per heavy atom. The van der Waals surface area contributed by atoms with Crippen LogP contribution in [0, 0.1) is 5.92 Å². The topological polar surface area (TPSA) is 47.7 Å². The second kappa shape index (κ2) is 8.25. The van der Waals surface area contributed by atoms with E-state index in [9.17, 15) is 0 Å². The van der Waals surface area contributed by atoms with Crippen LogP contribution in [0.1, 0.15) is 12.5 Å². The van der Waals surface area contributed by atoms with E-state index in [2.05, 4.69) is 17.9 Å². The van der Waals surface area contributed by atoms with Gasteiger partial charge in [0.15, 0.2) is 0 Å². The number of morpholine rings is 1. The zero-order valence-electron chi connectivity index (χ0n) is 12.4. The Kier molecular flexibility index (Phi) is 6.30. The molecule has 1 unspecified atom stereocenters. The predicted molar refractivity (Wildman–Crippen MR) is 81.1 cm³/mol. The minimum atomic E-state index is 0.513. The van der Waals surface area contributed by atoms with Crippen LogP contribution in [-0.4, -0.2) is 50.9 Å². The summed E-state index contributed by atoms with van der Waals surface area (Å²) in [4.78, 5) is 2.45. The van der Waals surface area contributed by atoms with Crippen molar-refractivity contribution in [2.75, 3.05) is 46.0 Å². The average Bonchev–Trinajstić information content (AvgIpc) is 2.48. The SMILES string of the molecule is CC(COc1ccccc1CCN)CN1CCOCC1. The van der Waals surface area contributed by atoms with Crippen molar-refractivity contribution in [2.45, 2.75) is 13.3 Å². The van der Waals surface area contributed by atoms with E-state index in [1.807, 2.05) is 18.2 Å². The summed E-state index contributed by atoms with van der Waals surface area (Å²) < 4.78 is 11.3. The van der Waals surface area contributed by atoms with Crippen LogP contribution in [-0.2, 0) is 11.2 Å². The first-order valence-corrected chi connectivity index (χ1v) is 7.50. The Morgan fingerprint density at radius 2 is 2.05 bits per heavy atom. The van der Waals surface area contributed by atoms with Crippen molar-refractivity contribution in [3.63, 3.8) is 0 Å². The Morgan fingerprint density at radius 1 is 1.30 bits per heavy atom. The highest BCUT2D eigenvalue weighted by molar-refractivity contribution is 5.33. The van der Waals surface area contributed by atoms with E-state index in [0.29, 0.717) is 12.5 Å². The number of hydrogen-bond acceptors (Lipinski definition) is 4. The third-order valence-electron chi connectivity index (χ3n) is 3.58. The molecule has 112 valence electrons. The van der Waals surface area contributed by atoms with Crippen LogP contribution in [0.4, 0.5) is 0 Å². The monoisotopic (exact) mass is 278 g/mol. The van der Waals surface area contributed by atoms with Crippen molar-refractivity contribution in [3.05, 3.63) is 29.8 Å². The van der Waals surface area contributed by atoms with E-state index < -0.39 is 0 Å². The molecule has 4 heteroatoms. The van der Waals surface area contributed by atoms with Crippen molar-refractivity contribution < 1.29 is 9.47 Å². The molecule has 1 aromatic carbocycles. The lowest BCUT2D eigenvalue weighted by molar-refractivity contribution is 0.0283. The van der Waals surface area contributed by atoms with Crippen LogP contribution in [0.25, 0.3) is 0 Å². The van der Waals surface area contributed by atoms with Gasteiger partial charge in [-0.1, -0.05) is 25.1 Å². The van der Waals surface area contributed by atoms with E-state index in [0.717, 1.165) is 51.6 Å². The van der Waals surface area contributed by atoms with Gasteiger partial charge in [0.25, 0.3) is 0 Å². The number of para-hydroxylation sites is 1. The predicted octanol–water partition coefficient (Wildman–Crippen LogP) is 1.53. The molecule has 1 aromatic rings. The molecule has 20 heavy (non-hydrogen) atoms. The van der Waals surface area contributed by atoms with Gasteiger partial charge in [-0.05, 0) is 24.6 Å². The van der Waals surface area contributed by atoms with Gasteiger partial charge in [-0.15, -0.1) is 0 Å². The third kappa shape index (κ3) is 4.78. The first kappa shape index (κ1) is 15.3. The van der Waals surface area contributed by atoms with Gasteiger partial charge in [0, 0.05) is 25.6 Å². The van der Waals surface area contributed by atoms with E-state index >= 15 is 0 Å². The van der Waals surface area contributed by atoms with Gasteiger partial charge in [0.1, 0.15) is 5.75 Å². The highest BCUT2D eigenvalue weighted by atomic mass is 16.5. The molecule has 2 rings (SSSR count). The molecular formula is C16H26N2O2. The van der Waals surface area contributed by atoms with Gasteiger partial charge in [-0.3, -0.25) is 4.90 Å². The van der Waals surface area contributed by atoms with Gasteiger partial charge in [-0.25, -0.2) is 0 Å². The Hall–Kier alpha value is -1.10. The fraction of sp³-hybridized carbons (Fsp3) is 0.625. The zero-order chi connectivity index (χ0) is 14.2. The Labute approximate surface area is 121 Å². The minimum absolute atomic E-state index is 0.513. The number of nitrogens with zero attached hydrogens (tertiary/aromatic N) is 1. The van der Waals surface area contributed by atoms with Gasteiger partial charge >= 0.3 is 0 Å². The number of nitrogens with two attached hydrogens (primary N) is 1. The summed E-state index contributed by atoms with van der Waals surface area (Å²) in [5.41, 5.74) is 6.84. The van der Waals surface area contributed by atoms with E-state index in [1.165, 1.54) is 5.56 Å². The Bertz CT molecular complexity index is 392. The largest absolute Gasteiger partial charge is 0.493 e. The Balaban J connectivity index is 1.78. The lowest BCUT2D eigenvalue weighted by Gasteiger charge is -2.29. The van der Waals surface area contributed by atoms with Crippen molar-refractivity contribution >= 4 is 0 Å². The first-order valence-electron chi connectivity index (χ1n) is 7.50. The number of hydrogen-bond donors (Lipinski definition) is 1. The maximum atomic E-state index is 5.98. The molecule has 1 aliphatic heterocycles. The zero-order valence-corrected chi connectivity index (χ0v) is 12.4. The summed E-state index contributed by atoms with van der Waals surface area (Å²) in [5.74, 6) is 1.49. The minimum Gasteiger partial charge on any atom is -0.493 e. The fourth-order valence-corrected chi connectivity index (χ4v) is 2.52. The molecule has 0 aliphatic carbocycles. The highest BCUT2D eigenvalue weighted by Crippen LogP contribution is 2.19. The molecule has 0 aromatic heterocycles. The molecule has 1 saturated heterocycles. The molecule has 2 N–H and O–H groups in total. The van der Waals surface area contributed by atoms with Crippen LogP contribution in [0.15, 0.2) is 24.3 Å². The summed E-state index contributed by atoms with van der Waals surface area (Å²) in [6.07, 6.45) is 0.869. The number of ether oxygens (including phenoxy) is 2. The third-order valence-corrected chi connectivity index (χ3v) is 3.58. The maximum absolute atomic E-state index is 5.98. The molecule has 0 amide bonds. The maximum Gasteiger partial charge on any atom is 0.122 e. The summed E-state index contributed by atoms with van der Waals surface area (Å²) in [7, 11) is 0.